The van der Waals surface area contributed by atoms with Crippen LogP contribution in [0.2, 0.25) is 0 Å². The van der Waals surface area contributed by atoms with Crippen LogP contribution in [0.4, 0.5) is 0 Å². The normalized spacial score (nSPS) is 11.1. The van der Waals surface area contributed by atoms with Crippen LogP contribution >= 0.6 is 0 Å². The van der Waals surface area contributed by atoms with Gasteiger partial charge in [0.1, 0.15) is 5.65 Å². The van der Waals surface area contributed by atoms with Crippen LogP contribution in [-0.4, -0.2) is 20.5 Å². The van der Waals surface area contributed by atoms with E-state index < -0.39 is 5.97 Å². The number of carbonyl (C=O) groups is 1. The number of rotatable bonds is 2. The Labute approximate surface area is 80.1 Å². The van der Waals surface area contributed by atoms with Crippen LogP contribution in [0, 0.1) is 0 Å². The first-order valence-electron chi connectivity index (χ1n) is 4.10. The van der Waals surface area contributed by atoms with Crippen molar-refractivity contribution < 1.29 is 9.90 Å². The highest BCUT2D eigenvalue weighted by atomic mass is 16.4. The number of nitrogens with zero attached hydrogens (tertiary/aromatic N) is 2. The summed E-state index contributed by atoms with van der Waals surface area (Å²) in [7, 11) is 0. The molecule has 0 unspecified atom stereocenters. The second-order valence-corrected chi connectivity index (χ2v) is 2.80. The van der Waals surface area contributed by atoms with E-state index >= 15 is 0 Å². The molecule has 2 aromatic rings. The second-order valence-electron chi connectivity index (χ2n) is 2.80. The third-order valence-corrected chi connectivity index (χ3v) is 1.78. The first kappa shape index (κ1) is 8.50. The summed E-state index contributed by atoms with van der Waals surface area (Å²) in [6.45, 7) is 0. The van der Waals surface area contributed by atoms with Crippen molar-refractivity contribution in [3.8, 4) is 0 Å². The van der Waals surface area contributed by atoms with E-state index in [1.54, 1.807) is 6.20 Å². The van der Waals surface area contributed by atoms with Crippen LogP contribution in [-0.2, 0) is 4.79 Å². The standard InChI is InChI=1S/C10H8N2O2/c13-10(14)5-4-8-7-12-6-2-1-3-9(12)11-8/h1-7H,(H,13,14)/b5-4+. The van der Waals surface area contributed by atoms with E-state index in [1.807, 2.05) is 28.8 Å². The topological polar surface area (TPSA) is 54.6 Å². The lowest BCUT2D eigenvalue weighted by atomic mass is 10.4. The molecule has 1 N–H and O–H groups in total. The highest BCUT2D eigenvalue weighted by Crippen LogP contribution is 2.05. The van der Waals surface area contributed by atoms with Crippen molar-refractivity contribution in [2.75, 3.05) is 0 Å². The zero-order valence-corrected chi connectivity index (χ0v) is 7.29. The van der Waals surface area contributed by atoms with E-state index in [0.29, 0.717) is 5.69 Å². The van der Waals surface area contributed by atoms with Crippen molar-refractivity contribution in [3.63, 3.8) is 0 Å². The minimum atomic E-state index is -0.970. The number of pyridine rings is 1. The molecule has 0 fully saturated rings. The minimum absolute atomic E-state index is 0.638. The molecule has 0 radical (unpaired) electrons. The van der Waals surface area contributed by atoms with E-state index in [2.05, 4.69) is 4.98 Å². The molecule has 4 nitrogen and oxygen atoms in total. The summed E-state index contributed by atoms with van der Waals surface area (Å²) in [5.74, 6) is -0.970. The molecule has 0 saturated heterocycles. The average Bonchev–Trinajstić information content (AvgIpc) is 2.57. The van der Waals surface area contributed by atoms with Gasteiger partial charge in [-0.15, -0.1) is 0 Å². The predicted molar refractivity (Wildman–Crippen MR) is 51.9 cm³/mol. The lowest BCUT2D eigenvalue weighted by molar-refractivity contribution is -0.131. The van der Waals surface area contributed by atoms with Gasteiger partial charge in [-0.05, 0) is 18.2 Å². The fourth-order valence-electron chi connectivity index (χ4n) is 1.19. The molecular formula is C10H8N2O2. The largest absolute Gasteiger partial charge is 0.478 e. The lowest BCUT2D eigenvalue weighted by Crippen LogP contribution is -1.85. The number of carboxylic acid groups (broad SMARTS) is 1. The summed E-state index contributed by atoms with van der Waals surface area (Å²) in [4.78, 5) is 14.5. The molecular weight excluding hydrogens is 180 g/mol. The third-order valence-electron chi connectivity index (χ3n) is 1.78. The lowest BCUT2D eigenvalue weighted by Gasteiger charge is -1.86. The fraction of sp³-hybridized carbons (Fsp3) is 0. The van der Waals surface area contributed by atoms with E-state index in [-0.39, 0.29) is 0 Å². The van der Waals surface area contributed by atoms with Crippen LogP contribution in [0.25, 0.3) is 11.7 Å². The first-order chi connectivity index (χ1) is 6.75. The molecule has 2 rings (SSSR count). The molecule has 0 amide bonds. The molecule has 2 heterocycles. The quantitative estimate of drug-likeness (QED) is 0.725. The Hall–Kier alpha value is -2.10. The van der Waals surface area contributed by atoms with Gasteiger partial charge in [-0.25, -0.2) is 9.78 Å². The Balaban J connectivity index is 2.40. The zero-order chi connectivity index (χ0) is 9.97. The molecule has 0 aliphatic heterocycles. The van der Waals surface area contributed by atoms with Gasteiger partial charge in [0.2, 0.25) is 0 Å². The first-order valence-corrected chi connectivity index (χ1v) is 4.10. The number of imidazole rings is 1. The maximum Gasteiger partial charge on any atom is 0.328 e. The molecule has 4 heteroatoms. The van der Waals surface area contributed by atoms with Gasteiger partial charge in [-0.2, -0.15) is 0 Å². The van der Waals surface area contributed by atoms with Crippen molar-refractivity contribution in [1.29, 1.82) is 0 Å². The van der Waals surface area contributed by atoms with E-state index in [4.69, 9.17) is 5.11 Å². The highest BCUT2D eigenvalue weighted by Gasteiger charge is 1.96. The number of aliphatic carboxylic acids is 1. The molecule has 0 atom stereocenters. The molecule has 14 heavy (non-hydrogen) atoms. The fourth-order valence-corrected chi connectivity index (χ4v) is 1.19. The molecule has 0 aliphatic carbocycles. The summed E-state index contributed by atoms with van der Waals surface area (Å²) in [5.41, 5.74) is 1.44. The summed E-state index contributed by atoms with van der Waals surface area (Å²) in [6, 6.07) is 5.63. The van der Waals surface area contributed by atoms with Crippen molar-refractivity contribution >= 4 is 17.7 Å². The van der Waals surface area contributed by atoms with Crippen molar-refractivity contribution in [1.82, 2.24) is 9.38 Å². The van der Waals surface area contributed by atoms with Gasteiger partial charge in [0.25, 0.3) is 0 Å². The Morgan fingerprint density at radius 3 is 3.07 bits per heavy atom. The number of hydrogen-bond acceptors (Lipinski definition) is 2. The summed E-state index contributed by atoms with van der Waals surface area (Å²) in [5, 5.41) is 8.43. The number of fused-ring (bicyclic) bond motifs is 1. The minimum Gasteiger partial charge on any atom is -0.478 e. The van der Waals surface area contributed by atoms with E-state index in [1.165, 1.54) is 6.08 Å². The Bertz CT molecular complexity index is 467. The van der Waals surface area contributed by atoms with Crippen molar-refractivity contribution in [2.24, 2.45) is 0 Å². The highest BCUT2D eigenvalue weighted by molar-refractivity contribution is 5.84. The van der Waals surface area contributed by atoms with Gasteiger partial charge < -0.3 is 9.51 Å². The molecule has 0 aromatic carbocycles. The zero-order valence-electron chi connectivity index (χ0n) is 7.29. The van der Waals surface area contributed by atoms with Crippen LogP contribution in [0.5, 0.6) is 0 Å². The number of aromatic nitrogens is 2. The van der Waals surface area contributed by atoms with Crippen LogP contribution in [0.3, 0.4) is 0 Å². The second kappa shape index (κ2) is 3.33. The van der Waals surface area contributed by atoms with E-state index in [0.717, 1.165) is 11.7 Å². The molecule has 0 spiro atoms. The molecule has 0 saturated carbocycles. The average molecular weight is 188 g/mol. The van der Waals surface area contributed by atoms with Gasteiger partial charge in [0.15, 0.2) is 0 Å². The smallest absolute Gasteiger partial charge is 0.328 e. The summed E-state index contributed by atoms with van der Waals surface area (Å²) >= 11 is 0. The Kier molecular flexibility index (Phi) is 2.02. The Morgan fingerprint density at radius 2 is 2.36 bits per heavy atom. The summed E-state index contributed by atoms with van der Waals surface area (Å²) in [6.07, 6.45) is 6.17. The van der Waals surface area contributed by atoms with Crippen LogP contribution < -0.4 is 0 Å². The number of carboxylic acids is 1. The van der Waals surface area contributed by atoms with Crippen LogP contribution in [0.1, 0.15) is 5.69 Å². The Morgan fingerprint density at radius 1 is 1.50 bits per heavy atom. The maximum absolute atomic E-state index is 10.3. The third kappa shape index (κ3) is 1.64. The van der Waals surface area contributed by atoms with Crippen molar-refractivity contribution in [3.05, 3.63) is 42.4 Å². The van der Waals surface area contributed by atoms with Crippen LogP contribution in [0.15, 0.2) is 36.7 Å². The number of hydrogen-bond donors (Lipinski definition) is 1. The van der Waals surface area contributed by atoms with Gasteiger partial charge in [-0.3, -0.25) is 0 Å². The SMILES string of the molecule is O=C(O)/C=C/c1cn2ccccc2n1. The van der Waals surface area contributed by atoms with Gasteiger partial charge in [-0.1, -0.05) is 6.07 Å². The molecule has 2 aromatic heterocycles. The van der Waals surface area contributed by atoms with Gasteiger partial charge in [0, 0.05) is 18.5 Å². The van der Waals surface area contributed by atoms with Crippen molar-refractivity contribution in [2.45, 2.75) is 0 Å². The van der Waals surface area contributed by atoms with Gasteiger partial charge >= 0.3 is 5.97 Å². The molecule has 0 bridgehead atoms. The van der Waals surface area contributed by atoms with Gasteiger partial charge in [0.05, 0.1) is 5.69 Å². The monoisotopic (exact) mass is 188 g/mol. The summed E-state index contributed by atoms with van der Waals surface area (Å²) < 4.78 is 1.83. The van der Waals surface area contributed by atoms with E-state index in [9.17, 15) is 4.79 Å². The molecule has 70 valence electrons. The molecule has 0 aliphatic rings. The maximum atomic E-state index is 10.3. The predicted octanol–water partition coefficient (Wildman–Crippen LogP) is 1.43.